The third-order valence-corrected chi connectivity index (χ3v) is 9.91. The molecule has 33 heavy (non-hydrogen) atoms. The molecule has 3 aromatic rings. The lowest BCUT2D eigenvalue weighted by Gasteiger charge is -2.27. The van der Waals surface area contributed by atoms with Crippen molar-refractivity contribution in [1.29, 1.82) is 0 Å². The number of nitrogens with one attached hydrogen (secondary N) is 1. The van der Waals surface area contributed by atoms with E-state index in [2.05, 4.69) is 28.5 Å². The molecule has 0 spiro atoms. The number of nitrogens with zero attached hydrogens (tertiary/aromatic N) is 2. The van der Waals surface area contributed by atoms with Gasteiger partial charge in [0.05, 0.1) is 29.7 Å². The molecule has 0 saturated carbocycles. The molecule has 2 aromatic carbocycles. The van der Waals surface area contributed by atoms with E-state index >= 15 is 0 Å². The molecule has 2 aliphatic rings. The fourth-order valence-corrected chi connectivity index (χ4v) is 7.67. The highest BCUT2D eigenvalue weighted by atomic mass is 35.5. The zero-order valence-electron chi connectivity index (χ0n) is 18.4. The fraction of sp³-hybridized carbons (Fsp3) is 0.280. The predicted octanol–water partition coefficient (Wildman–Crippen LogP) is 4.98. The van der Waals surface area contributed by atoms with Crippen molar-refractivity contribution in [2.45, 2.75) is 25.3 Å². The van der Waals surface area contributed by atoms with Crippen molar-refractivity contribution in [3.05, 3.63) is 76.6 Å². The number of nitrogens with two attached hydrogens (primary N) is 1. The fourth-order valence-electron chi connectivity index (χ4n) is 4.54. The Morgan fingerprint density at radius 1 is 1.18 bits per heavy atom. The highest BCUT2D eigenvalue weighted by Crippen LogP contribution is 2.50. The van der Waals surface area contributed by atoms with Crippen LogP contribution < -0.4 is 21.1 Å². The van der Waals surface area contributed by atoms with Crippen molar-refractivity contribution >= 4 is 41.3 Å². The lowest BCUT2D eigenvalue weighted by Crippen LogP contribution is -2.29. The number of anilines is 2. The molecule has 0 radical (unpaired) electrons. The molecular weight excluding hydrogens is 455 g/mol. The summed E-state index contributed by atoms with van der Waals surface area (Å²) < 4.78 is 19.1. The second kappa shape index (κ2) is 8.94. The number of methoxy groups -OCH3 is 1. The molecule has 1 aliphatic heterocycles. The van der Waals surface area contributed by atoms with Crippen molar-refractivity contribution in [3.63, 3.8) is 0 Å². The highest BCUT2D eigenvalue weighted by Gasteiger charge is 2.31. The number of rotatable bonds is 5. The summed E-state index contributed by atoms with van der Waals surface area (Å²) in [7, 11) is -0.847. The molecule has 0 amide bonds. The maximum atomic E-state index is 13.5. The maximum absolute atomic E-state index is 13.5. The van der Waals surface area contributed by atoms with Gasteiger partial charge in [-0.3, -0.25) is 0 Å². The first kappa shape index (κ1) is 22.1. The van der Waals surface area contributed by atoms with E-state index in [0.717, 1.165) is 35.7 Å². The van der Waals surface area contributed by atoms with E-state index in [9.17, 15) is 4.57 Å². The van der Waals surface area contributed by atoms with Gasteiger partial charge >= 0.3 is 0 Å². The van der Waals surface area contributed by atoms with Gasteiger partial charge in [-0.15, -0.1) is 0 Å². The molecule has 1 aliphatic carbocycles. The second-order valence-electron chi connectivity index (χ2n) is 8.55. The van der Waals surface area contributed by atoms with Gasteiger partial charge in [0.1, 0.15) is 12.9 Å². The monoisotopic (exact) mass is 480 g/mol. The minimum Gasteiger partial charge on any atom is -0.495 e. The second-order valence-corrected chi connectivity index (χ2v) is 12.1. The lowest BCUT2D eigenvalue weighted by atomic mass is 10.0. The first-order chi connectivity index (χ1) is 16.0. The number of benzene rings is 2. The van der Waals surface area contributed by atoms with Crippen molar-refractivity contribution in [3.8, 4) is 5.75 Å². The summed E-state index contributed by atoms with van der Waals surface area (Å²) in [5.41, 5.74) is 10.8. The van der Waals surface area contributed by atoms with Crippen LogP contribution in [0.5, 0.6) is 5.75 Å². The first-order valence-corrected chi connectivity index (χ1v) is 13.5. The Morgan fingerprint density at radius 2 is 1.97 bits per heavy atom. The van der Waals surface area contributed by atoms with E-state index in [1.54, 1.807) is 13.3 Å². The Balaban J connectivity index is 1.43. The average Bonchev–Trinajstić information content (AvgIpc) is 3.26. The summed E-state index contributed by atoms with van der Waals surface area (Å²) in [6.07, 6.45) is 7.48. The number of hydrogen-bond donors (Lipinski definition) is 2. The largest absolute Gasteiger partial charge is 0.495 e. The Kier molecular flexibility index (Phi) is 6.00. The van der Waals surface area contributed by atoms with Crippen LogP contribution in [0.3, 0.4) is 0 Å². The normalized spacial score (nSPS) is 21.9. The van der Waals surface area contributed by atoms with Crippen LogP contribution in [-0.2, 0) is 11.0 Å². The summed E-state index contributed by atoms with van der Waals surface area (Å²) in [5, 5.41) is 4.58. The van der Waals surface area contributed by atoms with Gasteiger partial charge in [-0.25, -0.2) is 9.97 Å². The number of hydrogen-bond acceptors (Lipinski definition) is 6. The molecule has 3 N–H and O–H groups in total. The van der Waals surface area contributed by atoms with E-state index in [1.807, 2.05) is 30.3 Å². The zero-order valence-corrected chi connectivity index (χ0v) is 20.1. The summed E-state index contributed by atoms with van der Waals surface area (Å²) in [6, 6.07) is 14.1. The van der Waals surface area contributed by atoms with Gasteiger partial charge in [0, 0.05) is 29.2 Å². The van der Waals surface area contributed by atoms with E-state index in [-0.39, 0.29) is 6.04 Å². The van der Waals surface area contributed by atoms with Crippen LogP contribution >= 0.6 is 18.7 Å². The van der Waals surface area contributed by atoms with Crippen LogP contribution in [0.25, 0.3) is 5.57 Å². The highest BCUT2D eigenvalue weighted by molar-refractivity contribution is 7.71. The molecule has 5 rings (SSSR count). The van der Waals surface area contributed by atoms with E-state index < -0.39 is 7.14 Å². The number of allylic oxidation sites excluding steroid dienone is 1. The molecule has 0 bridgehead atoms. The molecule has 2 heterocycles. The standard InChI is InChI=1S/C25H26ClN4O2P/c1-32-23-14-18(33(31)12-10-17(27)11-13-33)7-9-22(23)29-25-28-15-21(26)24(30-25)20-8-6-16-4-2-3-5-19(16)20/h2-5,7-9,14-15,17H,6,10-13,27H2,1H3,(H,28,29,30). The van der Waals surface area contributed by atoms with Crippen molar-refractivity contribution < 1.29 is 9.30 Å². The predicted molar refractivity (Wildman–Crippen MR) is 135 cm³/mol. The van der Waals surface area contributed by atoms with Crippen molar-refractivity contribution in [2.24, 2.45) is 5.73 Å². The molecule has 6 nitrogen and oxygen atoms in total. The number of fused-ring (bicyclic) bond motifs is 1. The summed E-state index contributed by atoms with van der Waals surface area (Å²) in [5.74, 6) is 1.02. The van der Waals surface area contributed by atoms with Gasteiger partial charge in [0.15, 0.2) is 0 Å². The molecule has 1 saturated heterocycles. The molecule has 1 fully saturated rings. The number of ether oxygens (including phenoxy) is 1. The van der Waals surface area contributed by atoms with Gasteiger partial charge in [-0.2, -0.15) is 0 Å². The first-order valence-electron chi connectivity index (χ1n) is 11.1. The number of halogens is 1. The lowest BCUT2D eigenvalue weighted by molar-refractivity contribution is 0.417. The zero-order chi connectivity index (χ0) is 23.0. The van der Waals surface area contributed by atoms with Gasteiger partial charge in [-0.1, -0.05) is 41.9 Å². The quantitative estimate of drug-likeness (QED) is 0.500. The molecule has 170 valence electrons. The maximum Gasteiger partial charge on any atom is 0.227 e. The Bertz CT molecular complexity index is 1280. The van der Waals surface area contributed by atoms with Crippen molar-refractivity contribution in [2.75, 3.05) is 24.8 Å². The van der Waals surface area contributed by atoms with Gasteiger partial charge < -0.3 is 20.4 Å². The minimum absolute atomic E-state index is 0.146. The van der Waals surface area contributed by atoms with Gasteiger partial charge in [-0.05, 0) is 48.6 Å². The molecule has 1 aromatic heterocycles. The smallest absolute Gasteiger partial charge is 0.227 e. The topological polar surface area (TPSA) is 90.1 Å². The molecule has 0 atom stereocenters. The van der Waals surface area contributed by atoms with Crippen LogP contribution in [0.4, 0.5) is 11.6 Å². The molecule has 0 unspecified atom stereocenters. The SMILES string of the molecule is COc1cc(P2(=O)CCC(N)CC2)ccc1Nc1ncc(Cl)c(C2=CCc3ccccc32)n1. The van der Waals surface area contributed by atoms with Crippen molar-refractivity contribution in [1.82, 2.24) is 9.97 Å². The summed E-state index contributed by atoms with van der Waals surface area (Å²) in [4.78, 5) is 9.08. The van der Waals surface area contributed by atoms with Crippen LogP contribution in [0.2, 0.25) is 5.02 Å². The Hall–Kier alpha value is -2.66. The van der Waals surface area contributed by atoms with Gasteiger partial charge in [0.2, 0.25) is 5.95 Å². The number of aromatic nitrogens is 2. The third-order valence-electron chi connectivity index (χ3n) is 6.46. The summed E-state index contributed by atoms with van der Waals surface area (Å²) in [6.45, 7) is 0. The Labute approximate surface area is 198 Å². The summed E-state index contributed by atoms with van der Waals surface area (Å²) >= 11 is 6.48. The average molecular weight is 481 g/mol. The van der Waals surface area contributed by atoms with E-state index in [1.165, 1.54) is 5.56 Å². The van der Waals surface area contributed by atoms with E-state index in [0.29, 0.717) is 40.4 Å². The molecule has 8 heteroatoms. The van der Waals surface area contributed by atoms with Crippen LogP contribution in [0, 0.1) is 0 Å². The van der Waals surface area contributed by atoms with Crippen LogP contribution in [0.15, 0.2) is 54.7 Å². The Morgan fingerprint density at radius 3 is 2.76 bits per heavy atom. The van der Waals surface area contributed by atoms with Crippen LogP contribution in [-0.4, -0.2) is 35.4 Å². The molecular formula is C25H26ClN4O2P. The minimum atomic E-state index is -2.45. The van der Waals surface area contributed by atoms with Gasteiger partial charge in [0.25, 0.3) is 0 Å². The van der Waals surface area contributed by atoms with E-state index in [4.69, 9.17) is 27.1 Å². The van der Waals surface area contributed by atoms with Crippen LogP contribution in [0.1, 0.15) is 29.7 Å². The third kappa shape index (κ3) is 4.31.